The topological polar surface area (TPSA) is 63.2 Å². The fraction of sp³-hybridized carbons (Fsp3) is 0.929. The Balaban J connectivity index is 2.27. The molecule has 0 saturated carbocycles. The summed E-state index contributed by atoms with van der Waals surface area (Å²) in [5, 5.41) is 3.08. The smallest absolute Gasteiger partial charge is 0.230 e. The average molecular weight is 322 g/mol. The first-order valence-corrected chi connectivity index (χ1v) is 10.2. The van der Waals surface area contributed by atoms with Gasteiger partial charge in [0.05, 0.1) is 17.3 Å². The first-order chi connectivity index (χ1) is 9.21. The van der Waals surface area contributed by atoms with Crippen molar-refractivity contribution in [2.75, 3.05) is 23.8 Å². The molecule has 1 N–H and O–H groups in total. The van der Waals surface area contributed by atoms with E-state index in [2.05, 4.69) is 33.0 Å². The quantitative estimate of drug-likeness (QED) is 0.778. The molecule has 1 aliphatic heterocycles. The van der Waals surface area contributed by atoms with Crippen LogP contribution < -0.4 is 5.32 Å². The van der Waals surface area contributed by atoms with Gasteiger partial charge in [0.2, 0.25) is 5.91 Å². The lowest BCUT2D eigenvalue weighted by Crippen LogP contribution is -2.35. The maximum absolute atomic E-state index is 11.8. The molecule has 0 aromatic heterocycles. The lowest BCUT2D eigenvalue weighted by molar-refractivity contribution is -0.118. The standard InChI is InChI=1S/C14H27NO3S2/c1-10(2)13(11(3)4)7-15-14(16)8-19-12-5-6-20(17,18)9-12/h10-13H,5-9H2,1-4H3,(H,15,16). The van der Waals surface area contributed by atoms with Gasteiger partial charge < -0.3 is 5.32 Å². The highest BCUT2D eigenvalue weighted by molar-refractivity contribution is 8.02. The van der Waals surface area contributed by atoms with Gasteiger partial charge in [-0.25, -0.2) is 8.42 Å². The van der Waals surface area contributed by atoms with Crippen molar-refractivity contribution in [3.8, 4) is 0 Å². The van der Waals surface area contributed by atoms with E-state index < -0.39 is 9.84 Å². The van der Waals surface area contributed by atoms with Crippen LogP contribution in [0.1, 0.15) is 34.1 Å². The third-order valence-electron chi connectivity index (χ3n) is 3.89. The molecule has 1 aliphatic rings. The molecule has 0 bridgehead atoms. The van der Waals surface area contributed by atoms with Crippen molar-refractivity contribution in [2.45, 2.75) is 39.4 Å². The molecule has 0 spiro atoms. The first kappa shape index (κ1) is 17.8. The number of carbonyl (C=O) groups is 1. The van der Waals surface area contributed by atoms with E-state index in [9.17, 15) is 13.2 Å². The Kier molecular flexibility index (Phi) is 6.85. The minimum absolute atomic E-state index is 0.0191. The van der Waals surface area contributed by atoms with E-state index in [0.717, 1.165) is 0 Å². The Bertz CT molecular complexity index is 410. The van der Waals surface area contributed by atoms with Crippen molar-refractivity contribution >= 4 is 27.5 Å². The van der Waals surface area contributed by atoms with Crippen LogP contribution in [-0.4, -0.2) is 43.4 Å². The van der Waals surface area contributed by atoms with Gasteiger partial charge in [0.25, 0.3) is 0 Å². The number of hydrogen-bond donors (Lipinski definition) is 1. The van der Waals surface area contributed by atoms with Crippen LogP contribution >= 0.6 is 11.8 Å². The second-order valence-electron chi connectivity index (χ2n) is 6.29. The van der Waals surface area contributed by atoms with Crippen LogP contribution in [0.3, 0.4) is 0 Å². The third kappa shape index (κ3) is 6.04. The molecule has 1 amide bonds. The van der Waals surface area contributed by atoms with Gasteiger partial charge in [-0.3, -0.25) is 4.79 Å². The van der Waals surface area contributed by atoms with Crippen molar-refractivity contribution in [1.29, 1.82) is 0 Å². The molecular formula is C14H27NO3S2. The Morgan fingerprint density at radius 3 is 2.30 bits per heavy atom. The van der Waals surface area contributed by atoms with Gasteiger partial charge in [0.15, 0.2) is 9.84 Å². The summed E-state index contributed by atoms with van der Waals surface area (Å²) in [6.45, 7) is 9.41. The highest BCUT2D eigenvalue weighted by atomic mass is 32.2. The molecular weight excluding hydrogens is 294 g/mol. The second-order valence-corrected chi connectivity index (χ2v) is 9.81. The van der Waals surface area contributed by atoms with Crippen LogP contribution in [0, 0.1) is 17.8 Å². The third-order valence-corrected chi connectivity index (χ3v) is 7.17. The molecule has 20 heavy (non-hydrogen) atoms. The van der Waals surface area contributed by atoms with Crippen molar-refractivity contribution in [3.05, 3.63) is 0 Å². The van der Waals surface area contributed by atoms with Gasteiger partial charge in [-0.05, 0) is 24.2 Å². The number of carbonyl (C=O) groups excluding carboxylic acids is 1. The minimum Gasteiger partial charge on any atom is -0.355 e. The first-order valence-electron chi connectivity index (χ1n) is 7.30. The number of sulfone groups is 1. The SMILES string of the molecule is CC(C)C(CNC(=O)CSC1CCS(=O)(=O)C1)C(C)C. The zero-order chi connectivity index (χ0) is 15.3. The second kappa shape index (κ2) is 7.69. The Labute approximate surface area is 127 Å². The van der Waals surface area contributed by atoms with E-state index in [4.69, 9.17) is 0 Å². The monoisotopic (exact) mass is 321 g/mol. The average Bonchev–Trinajstić information content (AvgIpc) is 2.65. The van der Waals surface area contributed by atoms with Gasteiger partial charge in [0, 0.05) is 11.8 Å². The summed E-state index contributed by atoms with van der Waals surface area (Å²) >= 11 is 1.47. The zero-order valence-corrected chi connectivity index (χ0v) is 14.5. The van der Waals surface area contributed by atoms with E-state index in [1.807, 2.05) is 0 Å². The van der Waals surface area contributed by atoms with Gasteiger partial charge >= 0.3 is 0 Å². The Hall–Kier alpha value is -0.230. The highest BCUT2D eigenvalue weighted by Gasteiger charge is 2.28. The van der Waals surface area contributed by atoms with E-state index in [1.165, 1.54) is 11.8 Å². The zero-order valence-electron chi connectivity index (χ0n) is 12.9. The summed E-state index contributed by atoms with van der Waals surface area (Å²) < 4.78 is 22.7. The summed E-state index contributed by atoms with van der Waals surface area (Å²) in [7, 11) is -2.84. The molecule has 0 aliphatic carbocycles. The lowest BCUT2D eigenvalue weighted by Gasteiger charge is -2.25. The molecule has 1 heterocycles. The highest BCUT2D eigenvalue weighted by Crippen LogP contribution is 2.24. The number of hydrogen-bond acceptors (Lipinski definition) is 4. The maximum Gasteiger partial charge on any atom is 0.230 e. The minimum atomic E-state index is -2.84. The molecule has 6 heteroatoms. The van der Waals surface area contributed by atoms with Crippen LogP contribution in [0.15, 0.2) is 0 Å². The molecule has 1 atom stereocenters. The van der Waals surface area contributed by atoms with Crippen molar-refractivity contribution in [3.63, 3.8) is 0 Å². The Morgan fingerprint density at radius 1 is 1.25 bits per heavy atom. The van der Waals surface area contributed by atoms with Crippen LogP contribution in [0.2, 0.25) is 0 Å². The van der Waals surface area contributed by atoms with Crippen LogP contribution in [0.5, 0.6) is 0 Å². The summed E-state index contributed by atoms with van der Waals surface area (Å²) in [4.78, 5) is 11.8. The van der Waals surface area contributed by atoms with Gasteiger partial charge in [-0.1, -0.05) is 27.7 Å². The van der Waals surface area contributed by atoms with E-state index in [1.54, 1.807) is 0 Å². The maximum atomic E-state index is 11.8. The fourth-order valence-corrected chi connectivity index (χ4v) is 6.08. The van der Waals surface area contributed by atoms with Crippen molar-refractivity contribution < 1.29 is 13.2 Å². The Morgan fingerprint density at radius 2 is 1.85 bits per heavy atom. The number of thioether (sulfide) groups is 1. The van der Waals surface area contributed by atoms with Gasteiger partial charge in [0.1, 0.15) is 0 Å². The fourth-order valence-electron chi connectivity index (χ4n) is 2.61. The molecule has 1 rings (SSSR count). The summed E-state index contributed by atoms with van der Waals surface area (Å²) in [5.41, 5.74) is 0. The van der Waals surface area contributed by atoms with Crippen LogP contribution in [-0.2, 0) is 14.6 Å². The summed E-state index contributed by atoms with van der Waals surface area (Å²) in [6.07, 6.45) is 0.681. The van der Waals surface area contributed by atoms with Gasteiger partial charge in [-0.15, -0.1) is 11.8 Å². The number of amides is 1. The van der Waals surface area contributed by atoms with Crippen molar-refractivity contribution in [1.82, 2.24) is 5.32 Å². The largest absolute Gasteiger partial charge is 0.355 e. The van der Waals surface area contributed by atoms with E-state index in [-0.39, 0.29) is 22.7 Å². The molecule has 4 nitrogen and oxygen atoms in total. The van der Waals surface area contributed by atoms with E-state index in [0.29, 0.717) is 36.5 Å². The normalized spacial score (nSPS) is 21.9. The van der Waals surface area contributed by atoms with Crippen LogP contribution in [0.4, 0.5) is 0 Å². The predicted molar refractivity (Wildman–Crippen MR) is 85.7 cm³/mol. The molecule has 1 unspecified atom stereocenters. The number of rotatable bonds is 7. The molecule has 0 radical (unpaired) electrons. The van der Waals surface area contributed by atoms with Gasteiger partial charge in [-0.2, -0.15) is 0 Å². The van der Waals surface area contributed by atoms with E-state index >= 15 is 0 Å². The predicted octanol–water partition coefficient (Wildman–Crippen LogP) is 1.95. The lowest BCUT2D eigenvalue weighted by atomic mass is 9.85. The summed E-state index contributed by atoms with van der Waals surface area (Å²) in [6, 6.07) is 0. The van der Waals surface area contributed by atoms with Crippen molar-refractivity contribution in [2.24, 2.45) is 17.8 Å². The van der Waals surface area contributed by atoms with Crippen LogP contribution in [0.25, 0.3) is 0 Å². The molecule has 118 valence electrons. The molecule has 1 fully saturated rings. The molecule has 0 aromatic rings. The summed E-state index contributed by atoms with van der Waals surface area (Å²) in [5.74, 6) is 2.45. The number of nitrogens with one attached hydrogen (secondary N) is 1. The molecule has 1 saturated heterocycles. The molecule has 0 aromatic carbocycles.